The number of hydrogen-bond acceptors (Lipinski definition) is 9. The van der Waals surface area contributed by atoms with Crippen LogP contribution in [0.4, 0.5) is 0 Å². The van der Waals surface area contributed by atoms with E-state index in [1.165, 1.54) is 6.08 Å². The van der Waals surface area contributed by atoms with Crippen molar-refractivity contribution in [2.45, 2.75) is 55.7 Å². The van der Waals surface area contributed by atoms with E-state index in [9.17, 15) is 38.1 Å². The maximum Gasteiger partial charge on any atom is 0.247 e. The highest BCUT2D eigenvalue weighted by Crippen LogP contribution is 2.21. The first-order chi connectivity index (χ1) is 13.9. The molecule has 0 unspecified atom stereocenters. The maximum atomic E-state index is 12.5. The Balaban J connectivity index is 2.08. The summed E-state index contributed by atoms with van der Waals surface area (Å²) in [6.07, 6.45) is -1.40. The van der Waals surface area contributed by atoms with Gasteiger partial charge in [0.05, 0.1) is 30.0 Å². The Hall–Kier alpha value is -2.06. The molecule has 6 atom stereocenters. The third-order valence-corrected chi connectivity index (χ3v) is 6.00. The minimum Gasteiger partial charge on any atom is -0.392 e. The fourth-order valence-electron chi connectivity index (χ4n) is 3.31. The third kappa shape index (κ3) is 6.74. The van der Waals surface area contributed by atoms with Gasteiger partial charge < -0.3 is 37.0 Å². The normalized spacial score (nSPS) is 30.3. The molecule has 170 valence electrons. The lowest BCUT2D eigenvalue weighted by molar-refractivity contribution is -0.126. The van der Waals surface area contributed by atoms with Crippen molar-refractivity contribution in [1.82, 2.24) is 16.0 Å². The Morgan fingerprint density at radius 3 is 2.50 bits per heavy atom. The first-order valence-electron chi connectivity index (χ1n) is 9.44. The highest BCUT2D eigenvalue weighted by atomic mass is 32.2. The number of carbonyl (C=O) groups excluding carboxylic acids is 3. The van der Waals surface area contributed by atoms with Crippen LogP contribution >= 0.6 is 0 Å². The van der Waals surface area contributed by atoms with Crippen molar-refractivity contribution in [2.75, 3.05) is 18.6 Å². The standard InChI is InChI=1S/C17H28N4O8S/c1-30(28,29)3-2-10(15(18)25)20-16(26)8-4-11(14(24)13(23)5-8)21-17(27)12-6-9(22)7-19-12/h4,9-14,19,22-24H,2-3,5-7H2,1H3,(H2,18,25)(H,20,26)(H,21,27)/t9-,10+,11-,12+,13-,14-/m1/s1. The van der Waals surface area contributed by atoms with E-state index in [-0.39, 0.29) is 37.1 Å². The SMILES string of the molecule is CS(=O)(=O)CC[C@H](NC(=O)C1=C[C@@H](NC(=O)[C@@H]2C[C@@H](O)CN2)[C@@H](O)[C@H](O)C1)C(N)=O. The van der Waals surface area contributed by atoms with E-state index in [4.69, 9.17) is 5.73 Å². The average Bonchev–Trinajstić information content (AvgIpc) is 3.07. The molecule has 2 rings (SSSR count). The fraction of sp³-hybridized carbons (Fsp3) is 0.706. The lowest BCUT2D eigenvalue weighted by Gasteiger charge is -2.32. The van der Waals surface area contributed by atoms with Crippen molar-refractivity contribution in [3.63, 3.8) is 0 Å². The number of sulfone groups is 1. The van der Waals surface area contributed by atoms with Crippen LogP contribution in [-0.2, 0) is 24.2 Å². The minimum absolute atomic E-state index is 0.00289. The largest absolute Gasteiger partial charge is 0.392 e. The van der Waals surface area contributed by atoms with Crippen LogP contribution < -0.4 is 21.7 Å². The Morgan fingerprint density at radius 1 is 1.30 bits per heavy atom. The van der Waals surface area contributed by atoms with Crippen LogP contribution in [0.15, 0.2) is 11.6 Å². The van der Waals surface area contributed by atoms with Crippen molar-refractivity contribution in [3.05, 3.63) is 11.6 Å². The minimum atomic E-state index is -3.38. The Kier molecular flexibility index (Phi) is 7.93. The van der Waals surface area contributed by atoms with Crippen molar-refractivity contribution in [1.29, 1.82) is 0 Å². The van der Waals surface area contributed by atoms with Gasteiger partial charge in [-0.25, -0.2) is 8.42 Å². The molecule has 0 saturated carbocycles. The number of primary amides is 1. The van der Waals surface area contributed by atoms with E-state index >= 15 is 0 Å². The molecule has 0 aromatic rings. The molecule has 0 aromatic carbocycles. The van der Waals surface area contributed by atoms with Crippen LogP contribution in [0.5, 0.6) is 0 Å². The molecular formula is C17H28N4O8S. The second-order valence-electron chi connectivity index (χ2n) is 7.69. The molecule has 8 N–H and O–H groups in total. The van der Waals surface area contributed by atoms with Crippen LogP contribution in [-0.4, -0.2) is 96.4 Å². The summed E-state index contributed by atoms with van der Waals surface area (Å²) in [5, 5.41) is 37.4. The number of aliphatic hydroxyl groups excluding tert-OH is 3. The van der Waals surface area contributed by atoms with Crippen molar-refractivity contribution >= 4 is 27.6 Å². The zero-order chi connectivity index (χ0) is 22.6. The molecule has 1 aliphatic heterocycles. The fourth-order valence-corrected chi connectivity index (χ4v) is 3.98. The van der Waals surface area contributed by atoms with E-state index in [2.05, 4.69) is 16.0 Å². The molecule has 2 aliphatic rings. The van der Waals surface area contributed by atoms with Gasteiger partial charge in [-0.2, -0.15) is 0 Å². The number of aliphatic hydroxyl groups is 3. The molecule has 0 spiro atoms. The van der Waals surface area contributed by atoms with Gasteiger partial charge in [-0.3, -0.25) is 14.4 Å². The number of β-amino-alcohol motifs (C(OH)–C–C–N with tert-alkyl or cyclic N) is 1. The maximum absolute atomic E-state index is 12.5. The summed E-state index contributed by atoms with van der Waals surface area (Å²) in [6, 6.07) is -2.99. The Bertz CT molecular complexity index is 815. The smallest absolute Gasteiger partial charge is 0.247 e. The molecule has 1 heterocycles. The molecule has 30 heavy (non-hydrogen) atoms. The highest BCUT2D eigenvalue weighted by Gasteiger charge is 2.36. The van der Waals surface area contributed by atoms with Crippen LogP contribution in [0.2, 0.25) is 0 Å². The predicted molar refractivity (Wildman–Crippen MR) is 105 cm³/mol. The summed E-state index contributed by atoms with van der Waals surface area (Å²) in [6.45, 7) is 0.249. The Morgan fingerprint density at radius 2 is 1.97 bits per heavy atom. The zero-order valence-corrected chi connectivity index (χ0v) is 17.3. The molecule has 1 saturated heterocycles. The summed E-state index contributed by atoms with van der Waals surface area (Å²) >= 11 is 0. The van der Waals surface area contributed by atoms with Gasteiger partial charge in [0.1, 0.15) is 22.0 Å². The number of rotatable bonds is 8. The molecule has 0 bridgehead atoms. The molecule has 13 heteroatoms. The summed E-state index contributed by atoms with van der Waals surface area (Å²) in [7, 11) is -3.38. The summed E-state index contributed by atoms with van der Waals surface area (Å²) < 4.78 is 22.6. The van der Waals surface area contributed by atoms with E-state index in [0.717, 1.165) is 6.26 Å². The van der Waals surface area contributed by atoms with Gasteiger partial charge in [0.15, 0.2) is 0 Å². The number of hydrogen-bond donors (Lipinski definition) is 7. The van der Waals surface area contributed by atoms with Crippen LogP contribution in [0.3, 0.4) is 0 Å². The first-order valence-corrected chi connectivity index (χ1v) is 11.5. The molecule has 1 aliphatic carbocycles. The molecule has 1 fully saturated rings. The van der Waals surface area contributed by atoms with Crippen molar-refractivity contribution in [3.8, 4) is 0 Å². The highest BCUT2D eigenvalue weighted by molar-refractivity contribution is 7.90. The van der Waals surface area contributed by atoms with Gasteiger partial charge in [0.2, 0.25) is 17.7 Å². The number of nitrogens with one attached hydrogen (secondary N) is 3. The third-order valence-electron chi connectivity index (χ3n) is 5.02. The Labute approximate surface area is 173 Å². The van der Waals surface area contributed by atoms with Gasteiger partial charge in [0, 0.05) is 24.8 Å². The van der Waals surface area contributed by atoms with Gasteiger partial charge in [-0.1, -0.05) is 6.08 Å². The molecule has 0 radical (unpaired) electrons. The topological polar surface area (TPSA) is 208 Å². The lowest BCUT2D eigenvalue weighted by atomic mass is 9.89. The zero-order valence-electron chi connectivity index (χ0n) is 16.4. The van der Waals surface area contributed by atoms with Gasteiger partial charge >= 0.3 is 0 Å². The van der Waals surface area contributed by atoms with Gasteiger partial charge in [-0.05, 0) is 12.8 Å². The molecule has 0 aromatic heterocycles. The van der Waals surface area contributed by atoms with E-state index in [1.807, 2.05) is 0 Å². The van der Waals surface area contributed by atoms with Crippen molar-refractivity contribution < 1.29 is 38.1 Å². The van der Waals surface area contributed by atoms with Gasteiger partial charge in [-0.15, -0.1) is 0 Å². The van der Waals surface area contributed by atoms with Crippen LogP contribution in [0, 0.1) is 0 Å². The second kappa shape index (κ2) is 9.83. The van der Waals surface area contributed by atoms with E-state index in [1.54, 1.807) is 0 Å². The lowest BCUT2D eigenvalue weighted by Crippen LogP contribution is -2.54. The van der Waals surface area contributed by atoms with E-state index < -0.39 is 64.0 Å². The number of carbonyl (C=O) groups is 3. The van der Waals surface area contributed by atoms with Crippen molar-refractivity contribution in [2.24, 2.45) is 5.73 Å². The van der Waals surface area contributed by atoms with Crippen LogP contribution in [0.1, 0.15) is 19.3 Å². The molecular weight excluding hydrogens is 420 g/mol. The second-order valence-corrected chi connectivity index (χ2v) is 9.95. The molecule has 12 nitrogen and oxygen atoms in total. The number of nitrogens with two attached hydrogens (primary N) is 1. The van der Waals surface area contributed by atoms with Crippen LogP contribution in [0.25, 0.3) is 0 Å². The van der Waals surface area contributed by atoms with E-state index in [0.29, 0.717) is 0 Å². The predicted octanol–water partition coefficient (Wildman–Crippen LogP) is -4.35. The summed E-state index contributed by atoms with van der Waals surface area (Å²) in [5.41, 5.74) is 5.23. The number of amides is 3. The monoisotopic (exact) mass is 448 g/mol. The molecule has 3 amide bonds. The quantitative estimate of drug-likeness (QED) is 0.191. The first kappa shape index (κ1) is 24.2. The summed E-state index contributed by atoms with van der Waals surface area (Å²) in [5.74, 6) is -2.56. The average molecular weight is 448 g/mol. The van der Waals surface area contributed by atoms with Gasteiger partial charge in [0.25, 0.3) is 0 Å². The summed E-state index contributed by atoms with van der Waals surface area (Å²) in [4.78, 5) is 36.4.